The highest BCUT2D eigenvalue weighted by Crippen LogP contribution is 2.29. The summed E-state index contributed by atoms with van der Waals surface area (Å²) < 4.78 is 1.79. The largest absolute Gasteiger partial charge is 0.383 e. The summed E-state index contributed by atoms with van der Waals surface area (Å²) in [6.07, 6.45) is 3.64. The van der Waals surface area contributed by atoms with Crippen LogP contribution >= 0.6 is 0 Å². The second kappa shape index (κ2) is 4.32. The standard InChI is InChI=1S/C15H14N6/c16-8-9-6-12-14(19-9)11-3-2-10(21-5-1-4-18-21)7-13(11)20-15(12)17/h1-7,19H,8,16H2,(H2,17,20). The van der Waals surface area contributed by atoms with E-state index in [1.165, 1.54) is 0 Å². The van der Waals surface area contributed by atoms with Gasteiger partial charge in [-0.05, 0) is 30.3 Å². The lowest BCUT2D eigenvalue weighted by atomic mass is 10.1. The fourth-order valence-electron chi connectivity index (χ4n) is 2.61. The fourth-order valence-corrected chi connectivity index (χ4v) is 2.61. The SMILES string of the molecule is NCc1cc2c(N)nc3cc(-n4cccn4)ccc3c2[nH]1. The molecule has 0 spiro atoms. The number of benzene rings is 1. The quantitative estimate of drug-likeness (QED) is 0.522. The first-order chi connectivity index (χ1) is 10.3. The number of anilines is 1. The number of aromatic nitrogens is 4. The van der Waals surface area contributed by atoms with Gasteiger partial charge in [0.05, 0.1) is 16.7 Å². The molecule has 0 amide bonds. The molecule has 0 atom stereocenters. The summed E-state index contributed by atoms with van der Waals surface area (Å²) in [5.41, 5.74) is 15.5. The van der Waals surface area contributed by atoms with E-state index in [9.17, 15) is 0 Å². The number of H-pyrrole nitrogens is 1. The Balaban J connectivity index is 2.02. The number of aromatic amines is 1. The van der Waals surface area contributed by atoms with Crippen molar-refractivity contribution in [3.63, 3.8) is 0 Å². The average molecular weight is 278 g/mol. The van der Waals surface area contributed by atoms with Crippen LogP contribution in [0.15, 0.2) is 42.7 Å². The van der Waals surface area contributed by atoms with E-state index in [-0.39, 0.29) is 0 Å². The molecule has 0 saturated carbocycles. The molecule has 0 fully saturated rings. The Labute approximate surface area is 120 Å². The molecule has 104 valence electrons. The fraction of sp³-hybridized carbons (Fsp3) is 0.0667. The van der Waals surface area contributed by atoms with Crippen LogP contribution in [-0.4, -0.2) is 19.7 Å². The lowest BCUT2D eigenvalue weighted by Gasteiger charge is -2.06. The lowest BCUT2D eigenvalue weighted by molar-refractivity contribution is 0.882. The summed E-state index contributed by atoms with van der Waals surface area (Å²) in [5, 5.41) is 6.16. The molecule has 1 aromatic carbocycles. The highest BCUT2D eigenvalue weighted by atomic mass is 15.3. The second-order valence-electron chi connectivity index (χ2n) is 4.94. The molecule has 4 rings (SSSR count). The highest BCUT2D eigenvalue weighted by Gasteiger charge is 2.10. The molecular weight excluding hydrogens is 264 g/mol. The topological polar surface area (TPSA) is 98.5 Å². The van der Waals surface area contributed by atoms with Gasteiger partial charge in [-0.15, -0.1) is 0 Å². The van der Waals surface area contributed by atoms with Crippen molar-refractivity contribution in [3.05, 3.63) is 48.4 Å². The Bertz CT molecular complexity index is 936. The van der Waals surface area contributed by atoms with Gasteiger partial charge < -0.3 is 16.5 Å². The van der Waals surface area contributed by atoms with Gasteiger partial charge in [-0.25, -0.2) is 9.67 Å². The Morgan fingerprint density at radius 2 is 2.10 bits per heavy atom. The van der Waals surface area contributed by atoms with E-state index in [4.69, 9.17) is 11.5 Å². The maximum absolute atomic E-state index is 6.06. The number of rotatable bonds is 2. The molecule has 21 heavy (non-hydrogen) atoms. The van der Waals surface area contributed by atoms with E-state index in [1.807, 2.05) is 36.5 Å². The Hall–Kier alpha value is -2.86. The Morgan fingerprint density at radius 1 is 1.19 bits per heavy atom. The van der Waals surface area contributed by atoms with Crippen molar-refractivity contribution < 1.29 is 0 Å². The van der Waals surface area contributed by atoms with E-state index < -0.39 is 0 Å². The minimum atomic E-state index is 0.445. The highest BCUT2D eigenvalue weighted by molar-refractivity contribution is 6.08. The van der Waals surface area contributed by atoms with Gasteiger partial charge in [0, 0.05) is 35.4 Å². The van der Waals surface area contributed by atoms with Crippen LogP contribution in [-0.2, 0) is 6.54 Å². The van der Waals surface area contributed by atoms with Gasteiger partial charge in [-0.2, -0.15) is 5.10 Å². The van der Waals surface area contributed by atoms with Crippen molar-refractivity contribution in [2.45, 2.75) is 6.54 Å². The van der Waals surface area contributed by atoms with Crippen molar-refractivity contribution >= 4 is 27.6 Å². The molecule has 4 aromatic rings. The molecule has 0 aliphatic carbocycles. The van der Waals surface area contributed by atoms with Gasteiger partial charge in [0.1, 0.15) is 5.82 Å². The van der Waals surface area contributed by atoms with E-state index in [2.05, 4.69) is 15.1 Å². The van der Waals surface area contributed by atoms with Crippen molar-refractivity contribution in [1.82, 2.24) is 19.7 Å². The van der Waals surface area contributed by atoms with Gasteiger partial charge >= 0.3 is 0 Å². The predicted molar refractivity (Wildman–Crippen MR) is 83.0 cm³/mol. The summed E-state index contributed by atoms with van der Waals surface area (Å²) in [6, 6.07) is 9.85. The minimum absolute atomic E-state index is 0.445. The molecule has 6 heteroatoms. The van der Waals surface area contributed by atoms with Crippen molar-refractivity contribution in [1.29, 1.82) is 0 Å². The van der Waals surface area contributed by atoms with Gasteiger partial charge in [0.2, 0.25) is 0 Å². The third-order valence-electron chi connectivity index (χ3n) is 3.63. The third kappa shape index (κ3) is 1.77. The van der Waals surface area contributed by atoms with E-state index in [0.717, 1.165) is 33.2 Å². The first kappa shape index (κ1) is 11.9. The molecule has 0 unspecified atom stereocenters. The summed E-state index contributed by atoms with van der Waals surface area (Å²) in [6.45, 7) is 0.445. The molecule has 3 heterocycles. The zero-order chi connectivity index (χ0) is 14.4. The Kier molecular flexibility index (Phi) is 2.45. The van der Waals surface area contributed by atoms with Crippen LogP contribution in [0.5, 0.6) is 0 Å². The summed E-state index contributed by atoms with van der Waals surface area (Å²) in [4.78, 5) is 7.81. The van der Waals surface area contributed by atoms with Crippen molar-refractivity contribution in [3.8, 4) is 5.69 Å². The molecule has 0 aliphatic rings. The van der Waals surface area contributed by atoms with E-state index in [0.29, 0.717) is 12.4 Å². The van der Waals surface area contributed by atoms with Gasteiger partial charge in [-0.3, -0.25) is 0 Å². The van der Waals surface area contributed by atoms with Crippen molar-refractivity contribution in [2.24, 2.45) is 5.73 Å². The van der Waals surface area contributed by atoms with Gasteiger partial charge in [-0.1, -0.05) is 0 Å². The van der Waals surface area contributed by atoms with Crippen LogP contribution < -0.4 is 11.5 Å². The molecule has 0 aliphatic heterocycles. The van der Waals surface area contributed by atoms with Gasteiger partial charge in [0.25, 0.3) is 0 Å². The second-order valence-corrected chi connectivity index (χ2v) is 4.94. The summed E-state index contributed by atoms with van der Waals surface area (Å²) in [7, 11) is 0. The number of pyridine rings is 1. The van der Waals surface area contributed by atoms with Crippen LogP contribution in [0.2, 0.25) is 0 Å². The van der Waals surface area contributed by atoms with E-state index >= 15 is 0 Å². The predicted octanol–water partition coefficient (Wildman–Crippen LogP) is 1.94. The maximum Gasteiger partial charge on any atom is 0.133 e. The first-order valence-corrected chi connectivity index (χ1v) is 6.67. The monoisotopic (exact) mass is 278 g/mol. The normalized spacial score (nSPS) is 11.5. The van der Waals surface area contributed by atoms with Crippen LogP contribution in [0.25, 0.3) is 27.5 Å². The molecule has 5 N–H and O–H groups in total. The third-order valence-corrected chi connectivity index (χ3v) is 3.63. The molecule has 3 aromatic heterocycles. The number of hydrogen-bond donors (Lipinski definition) is 3. The average Bonchev–Trinajstić information content (AvgIpc) is 3.16. The van der Waals surface area contributed by atoms with Crippen LogP contribution in [0.4, 0.5) is 5.82 Å². The van der Waals surface area contributed by atoms with E-state index in [1.54, 1.807) is 10.9 Å². The summed E-state index contributed by atoms with van der Waals surface area (Å²) in [5.74, 6) is 0.506. The molecule has 0 radical (unpaired) electrons. The first-order valence-electron chi connectivity index (χ1n) is 6.67. The van der Waals surface area contributed by atoms with Crippen LogP contribution in [0, 0.1) is 0 Å². The number of nitrogens with zero attached hydrogens (tertiary/aromatic N) is 3. The lowest BCUT2D eigenvalue weighted by Crippen LogP contribution is -1.96. The zero-order valence-corrected chi connectivity index (χ0v) is 11.2. The number of fused-ring (bicyclic) bond motifs is 3. The Morgan fingerprint density at radius 3 is 2.86 bits per heavy atom. The van der Waals surface area contributed by atoms with Crippen LogP contribution in [0.1, 0.15) is 5.69 Å². The number of hydrogen-bond acceptors (Lipinski definition) is 4. The number of nitrogens with two attached hydrogens (primary N) is 2. The van der Waals surface area contributed by atoms with Gasteiger partial charge in [0.15, 0.2) is 0 Å². The minimum Gasteiger partial charge on any atom is -0.383 e. The number of nitrogens with one attached hydrogen (secondary N) is 1. The van der Waals surface area contributed by atoms with Crippen LogP contribution in [0.3, 0.4) is 0 Å². The molecule has 0 bridgehead atoms. The maximum atomic E-state index is 6.06. The smallest absolute Gasteiger partial charge is 0.133 e. The van der Waals surface area contributed by atoms with Crippen molar-refractivity contribution in [2.75, 3.05) is 5.73 Å². The summed E-state index contributed by atoms with van der Waals surface area (Å²) >= 11 is 0. The molecular formula is C15H14N6. The molecule has 0 saturated heterocycles. The number of nitrogen functional groups attached to an aromatic ring is 1. The zero-order valence-electron chi connectivity index (χ0n) is 11.2. The molecule has 6 nitrogen and oxygen atoms in total.